The summed E-state index contributed by atoms with van der Waals surface area (Å²) in [6, 6.07) is 19.2. The van der Waals surface area contributed by atoms with E-state index in [1.165, 1.54) is 0 Å². The molecule has 0 bridgehead atoms. The van der Waals surface area contributed by atoms with Crippen molar-refractivity contribution in [3.05, 3.63) is 92.4 Å². The lowest BCUT2D eigenvalue weighted by molar-refractivity contribution is 0.0883. The fourth-order valence-electron chi connectivity index (χ4n) is 2.98. The Hall–Kier alpha value is -2.84. The first kappa shape index (κ1) is 23.8. The minimum Gasteiger partial charge on any atom is -0.493 e. The van der Waals surface area contributed by atoms with Crippen LogP contribution in [0.5, 0.6) is 11.5 Å². The maximum absolute atomic E-state index is 12.9. The van der Waals surface area contributed by atoms with E-state index in [0.717, 1.165) is 8.95 Å². The van der Waals surface area contributed by atoms with Gasteiger partial charge in [-0.25, -0.2) is 0 Å². The molecule has 166 valence electrons. The van der Waals surface area contributed by atoms with Crippen LogP contribution in [0.2, 0.25) is 0 Å². The van der Waals surface area contributed by atoms with E-state index in [2.05, 4.69) is 42.5 Å². The molecule has 0 fully saturated rings. The van der Waals surface area contributed by atoms with Gasteiger partial charge >= 0.3 is 0 Å². The highest BCUT2D eigenvalue weighted by Crippen LogP contribution is 2.30. The highest BCUT2D eigenvalue weighted by molar-refractivity contribution is 9.10. The molecule has 0 saturated heterocycles. The summed E-state index contributed by atoms with van der Waals surface area (Å²) < 4.78 is 12.7. The topological polar surface area (TPSA) is 76.7 Å². The first-order valence-corrected chi connectivity index (χ1v) is 11.4. The molecule has 2 N–H and O–H groups in total. The predicted octanol–water partition coefficient (Wildman–Crippen LogP) is 5.48. The van der Waals surface area contributed by atoms with Crippen LogP contribution in [0.4, 0.5) is 0 Å². The summed E-state index contributed by atoms with van der Waals surface area (Å²) in [5.74, 6) is 0.431. The Morgan fingerprint density at radius 1 is 0.812 bits per heavy atom. The minimum absolute atomic E-state index is 0.326. The number of hydrogen-bond acceptors (Lipinski definition) is 4. The van der Waals surface area contributed by atoms with Gasteiger partial charge in [0.15, 0.2) is 11.5 Å². The second-order valence-corrected chi connectivity index (χ2v) is 8.57. The zero-order valence-electron chi connectivity index (χ0n) is 17.5. The van der Waals surface area contributed by atoms with E-state index in [-0.39, 0.29) is 11.8 Å². The molecule has 6 nitrogen and oxygen atoms in total. The van der Waals surface area contributed by atoms with Crippen LogP contribution in [0.3, 0.4) is 0 Å². The van der Waals surface area contributed by atoms with Gasteiger partial charge < -0.3 is 20.1 Å². The van der Waals surface area contributed by atoms with Gasteiger partial charge in [-0.05, 0) is 73.2 Å². The minimum atomic E-state index is -0.799. The van der Waals surface area contributed by atoms with Crippen molar-refractivity contribution in [2.45, 2.75) is 13.1 Å². The largest absolute Gasteiger partial charge is 0.493 e. The van der Waals surface area contributed by atoms with Gasteiger partial charge in [-0.2, -0.15) is 0 Å². The monoisotopic (exact) mass is 560 g/mol. The van der Waals surface area contributed by atoms with Crippen molar-refractivity contribution in [1.29, 1.82) is 0 Å². The number of hydrogen-bond donors (Lipinski definition) is 2. The molecule has 0 aliphatic rings. The lowest BCUT2D eigenvalue weighted by Gasteiger charge is -2.22. The summed E-state index contributed by atoms with van der Waals surface area (Å²) in [4.78, 5) is 25.8. The Morgan fingerprint density at radius 2 is 1.31 bits per heavy atom. The Balaban J connectivity index is 1.92. The standard InChI is InChI=1S/C24H22Br2N2O4/c1-3-32-21-14-17(8-13-20(21)31-2)22(27-23(29)15-4-9-18(25)10-5-15)28-24(30)16-6-11-19(26)12-7-16/h4-14,22H,3H2,1-2H3,(H,27,29)(H,28,30). The van der Waals surface area contributed by atoms with Crippen molar-refractivity contribution < 1.29 is 19.1 Å². The van der Waals surface area contributed by atoms with Crippen LogP contribution in [0.25, 0.3) is 0 Å². The molecule has 0 aromatic heterocycles. The first-order valence-electron chi connectivity index (χ1n) is 9.85. The van der Waals surface area contributed by atoms with Crippen molar-refractivity contribution in [3.63, 3.8) is 0 Å². The zero-order chi connectivity index (χ0) is 23.1. The third-order valence-corrected chi connectivity index (χ3v) is 5.64. The van der Waals surface area contributed by atoms with Crippen molar-refractivity contribution in [2.75, 3.05) is 13.7 Å². The average molecular weight is 562 g/mol. The number of carbonyl (C=O) groups excluding carboxylic acids is 2. The molecule has 3 aromatic carbocycles. The van der Waals surface area contributed by atoms with E-state index in [4.69, 9.17) is 9.47 Å². The molecule has 32 heavy (non-hydrogen) atoms. The zero-order valence-corrected chi connectivity index (χ0v) is 20.7. The lowest BCUT2D eigenvalue weighted by Crippen LogP contribution is -2.41. The molecule has 0 saturated carbocycles. The van der Waals surface area contributed by atoms with Gasteiger partial charge in [0, 0.05) is 20.1 Å². The molecule has 0 aliphatic heterocycles. The van der Waals surface area contributed by atoms with Crippen LogP contribution >= 0.6 is 31.9 Å². The van der Waals surface area contributed by atoms with Gasteiger partial charge in [-0.15, -0.1) is 0 Å². The molecule has 0 aliphatic carbocycles. The number of methoxy groups -OCH3 is 1. The Bertz CT molecular complexity index is 1030. The van der Waals surface area contributed by atoms with Gasteiger partial charge in [0.1, 0.15) is 6.17 Å². The van der Waals surface area contributed by atoms with E-state index < -0.39 is 6.17 Å². The number of nitrogens with one attached hydrogen (secondary N) is 2. The predicted molar refractivity (Wildman–Crippen MR) is 130 cm³/mol. The fourth-order valence-corrected chi connectivity index (χ4v) is 3.50. The number of benzene rings is 3. The molecule has 3 aromatic rings. The van der Waals surface area contributed by atoms with Gasteiger partial charge in [-0.1, -0.05) is 37.9 Å². The molecule has 2 amide bonds. The van der Waals surface area contributed by atoms with E-state index >= 15 is 0 Å². The Kier molecular flexibility index (Phi) is 8.30. The number of carbonyl (C=O) groups is 2. The van der Waals surface area contributed by atoms with Crippen LogP contribution in [0, 0.1) is 0 Å². The molecule has 0 atom stereocenters. The molecule has 0 spiro atoms. The number of halogens is 2. The maximum atomic E-state index is 12.9. The van der Waals surface area contributed by atoms with Gasteiger partial charge in [0.2, 0.25) is 0 Å². The summed E-state index contributed by atoms with van der Waals surface area (Å²) in [5.41, 5.74) is 1.58. The SMILES string of the molecule is CCOc1cc(C(NC(=O)c2ccc(Br)cc2)NC(=O)c2ccc(Br)cc2)ccc1OC. The van der Waals surface area contributed by atoms with Crippen LogP contribution in [0.15, 0.2) is 75.7 Å². The van der Waals surface area contributed by atoms with Crippen LogP contribution in [0.1, 0.15) is 39.4 Å². The Labute approximate surface area is 203 Å². The molecular formula is C24H22Br2N2O4. The highest BCUT2D eigenvalue weighted by Gasteiger charge is 2.21. The normalized spacial score (nSPS) is 10.5. The van der Waals surface area contributed by atoms with Gasteiger partial charge in [0.25, 0.3) is 11.8 Å². The van der Waals surface area contributed by atoms with Gasteiger partial charge in [-0.3, -0.25) is 9.59 Å². The van der Waals surface area contributed by atoms with Crippen LogP contribution < -0.4 is 20.1 Å². The van der Waals surface area contributed by atoms with Crippen LogP contribution in [-0.2, 0) is 0 Å². The summed E-state index contributed by atoms with van der Waals surface area (Å²) in [6.07, 6.45) is -0.799. The average Bonchev–Trinajstić information content (AvgIpc) is 2.79. The summed E-state index contributed by atoms with van der Waals surface area (Å²) in [7, 11) is 1.56. The molecule has 0 radical (unpaired) electrons. The molecule has 3 rings (SSSR count). The quantitative estimate of drug-likeness (QED) is 0.357. The van der Waals surface area contributed by atoms with Crippen molar-refractivity contribution in [2.24, 2.45) is 0 Å². The number of ether oxygens (including phenoxy) is 2. The van der Waals surface area contributed by atoms with E-state index in [1.54, 1.807) is 73.8 Å². The van der Waals surface area contributed by atoms with E-state index in [1.807, 2.05) is 6.92 Å². The van der Waals surface area contributed by atoms with Crippen molar-refractivity contribution in [1.82, 2.24) is 10.6 Å². The molecule has 8 heteroatoms. The third-order valence-electron chi connectivity index (χ3n) is 4.58. The molecule has 0 heterocycles. The summed E-state index contributed by atoms with van der Waals surface area (Å²) >= 11 is 6.73. The third kappa shape index (κ3) is 6.11. The fraction of sp³-hybridized carbons (Fsp3) is 0.167. The van der Waals surface area contributed by atoms with E-state index in [0.29, 0.717) is 34.8 Å². The van der Waals surface area contributed by atoms with Crippen molar-refractivity contribution in [3.8, 4) is 11.5 Å². The second kappa shape index (κ2) is 11.2. The molecule has 0 unspecified atom stereocenters. The smallest absolute Gasteiger partial charge is 0.253 e. The van der Waals surface area contributed by atoms with E-state index in [9.17, 15) is 9.59 Å². The maximum Gasteiger partial charge on any atom is 0.253 e. The molecular weight excluding hydrogens is 540 g/mol. The summed E-state index contributed by atoms with van der Waals surface area (Å²) in [6.45, 7) is 2.31. The number of amides is 2. The van der Waals surface area contributed by atoms with Gasteiger partial charge in [0.05, 0.1) is 13.7 Å². The van der Waals surface area contributed by atoms with Crippen molar-refractivity contribution >= 4 is 43.7 Å². The summed E-state index contributed by atoms with van der Waals surface area (Å²) in [5, 5.41) is 5.79. The lowest BCUT2D eigenvalue weighted by atomic mass is 10.1. The highest BCUT2D eigenvalue weighted by atomic mass is 79.9. The Morgan fingerprint density at radius 3 is 1.75 bits per heavy atom. The number of rotatable bonds is 8. The second-order valence-electron chi connectivity index (χ2n) is 6.74. The van der Waals surface area contributed by atoms with Crippen LogP contribution in [-0.4, -0.2) is 25.5 Å². The first-order chi connectivity index (χ1) is 15.4.